The number of carbonyl (C=O) groups is 1. The van der Waals surface area contributed by atoms with Gasteiger partial charge in [0.05, 0.1) is 19.6 Å². The summed E-state index contributed by atoms with van der Waals surface area (Å²) in [5.74, 6) is 1.70. The van der Waals surface area contributed by atoms with Crippen LogP contribution in [0.3, 0.4) is 0 Å². The van der Waals surface area contributed by atoms with E-state index in [0.29, 0.717) is 19.8 Å². The van der Waals surface area contributed by atoms with Gasteiger partial charge < -0.3 is 19.1 Å². The average Bonchev–Trinajstić information content (AvgIpc) is 2.82. The minimum absolute atomic E-state index is 0.0935. The van der Waals surface area contributed by atoms with Crippen molar-refractivity contribution < 1.29 is 19.0 Å². The van der Waals surface area contributed by atoms with E-state index < -0.39 is 0 Å². The van der Waals surface area contributed by atoms with Gasteiger partial charge in [-0.25, -0.2) is 0 Å². The molecule has 0 spiro atoms. The fourth-order valence-electron chi connectivity index (χ4n) is 2.86. The van der Waals surface area contributed by atoms with Crippen molar-refractivity contribution in [1.29, 1.82) is 0 Å². The summed E-state index contributed by atoms with van der Waals surface area (Å²) in [5, 5.41) is 0. The summed E-state index contributed by atoms with van der Waals surface area (Å²) < 4.78 is 16.4. The predicted molar refractivity (Wildman–Crippen MR) is 77.7 cm³/mol. The summed E-state index contributed by atoms with van der Waals surface area (Å²) in [7, 11) is 1.64. The lowest BCUT2D eigenvalue weighted by Gasteiger charge is -2.29. The molecule has 1 aromatic rings. The number of carbonyl (C=O) groups excluding carboxylic acids is 1. The highest BCUT2D eigenvalue weighted by Crippen LogP contribution is 2.31. The molecular formula is C16H21NO4. The number of amides is 1. The van der Waals surface area contributed by atoms with Gasteiger partial charge in [-0.2, -0.15) is 0 Å². The van der Waals surface area contributed by atoms with Crippen molar-refractivity contribution in [2.45, 2.75) is 12.8 Å². The number of methoxy groups -OCH3 is 1. The zero-order valence-electron chi connectivity index (χ0n) is 12.3. The second kappa shape index (κ2) is 6.35. The third-order valence-corrected chi connectivity index (χ3v) is 4.06. The maximum Gasteiger partial charge on any atom is 0.229 e. The predicted octanol–water partition coefficient (Wildman–Crippen LogP) is 1.50. The van der Waals surface area contributed by atoms with E-state index in [-0.39, 0.29) is 11.8 Å². The zero-order chi connectivity index (χ0) is 14.7. The second-order valence-electron chi connectivity index (χ2n) is 5.48. The number of ether oxygens (including phenoxy) is 3. The van der Waals surface area contributed by atoms with E-state index in [1.807, 2.05) is 23.1 Å². The summed E-state index contributed by atoms with van der Waals surface area (Å²) in [4.78, 5) is 14.5. The van der Waals surface area contributed by atoms with Crippen molar-refractivity contribution in [1.82, 2.24) is 4.90 Å². The molecule has 0 aromatic heterocycles. The van der Waals surface area contributed by atoms with Crippen molar-refractivity contribution in [3.05, 3.63) is 23.8 Å². The van der Waals surface area contributed by atoms with Gasteiger partial charge in [0, 0.05) is 25.8 Å². The van der Waals surface area contributed by atoms with E-state index in [9.17, 15) is 4.79 Å². The van der Waals surface area contributed by atoms with Crippen molar-refractivity contribution in [3.8, 4) is 11.5 Å². The van der Waals surface area contributed by atoms with Gasteiger partial charge in [0.2, 0.25) is 5.91 Å². The molecule has 0 saturated carbocycles. The van der Waals surface area contributed by atoms with Crippen LogP contribution in [0.5, 0.6) is 11.5 Å². The van der Waals surface area contributed by atoms with Gasteiger partial charge >= 0.3 is 0 Å². The van der Waals surface area contributed by atoms with E-state index in [2.05, 4.69) is 0 Å². The topological polar surface area (TPSA) is 48.0 Å². The first-order valence-corrected chi connectivity index (χ1v) is 7.44. The fraction of sp³-hybridized carbons (Fsp3) is 0.562. The number of hydrogen-bond acceptors (Lipinski definition) is 4. The van der Waals surface area contributed by atoms with Crippen molar-refractivity contribution >= 4 is 5.91 Å². The average molecular weight is 291 g/mol. The van der Waals surface area contributed by atoms with Crippen LogP contribution >= 0.6 is 0 Å². The maximum atomic E-state index is 12.6. The first-order valence-electron chi connectivity index (χ1n) is 7.44. The largest absolute Gasteiger partial charge is 0.497 e. The van der Waals surface area contributed by atoms with Gasteiger partial charge in [0.1, 0.15) is 18.1 Å². The van der Waals surface area contributed by atoms with Gasteiger partial charge in [0.15, 0.2) is 0 Å². The molecule has 21 heavy (non-hydrogen) atoms. The smallest absolute Gasteiger partial charge is 0.229 e. The van der Waals surface area contributed by atoms with Crippen LogP contribution in [0.2, 0.25) is 0 Å². The molecule has 0 radical (unpaired) electrons. The van der Waals surface area contributed by atoms with Gasteiger partial charge in [-0.3, -0.25) is 4.79 Å². The molecule has 0 bridgehead atoms. The molecule has 0 N–H and O–H groups in total. The highest BCUT2D eigenvalue weighted by atomic mass is 16.5. The molecule has 0 unspecified atom stereocenters. The van der Waals surface area contributed by atoms with Crippen LogP contribution in [-0.2, 0) is 16.0 Å². The molecule has 3 rings (SSSR count). The molecule has 1 atom stereocenters. The summed E-state index contributed by atoms with van der Waals surface area (Å²) in [6.45, 7) is 3.28. The number of hydrogen-bond donors (Lipinski definition) is 0. The normalized spacial score (nSPS) is 22.0. The minimum Gasteiger partial charge on any atom is -0.497 e. The monoisotopic (exact) mass is 291 g/mol. The molecule has 1 amide bonds. The highest BCUT2D eigenvalue weighted by Gasteiger charge is 2.30. The van der Waals surface area contributed by atoms with Gasteiger partial charge in [-0.15, -0.1) is 0 Å². The SMILES string of the molecule is COc1ccc2c(c1)OC[C@@H](C(=O)N1CCCOCC1)C2. The molecule has 1 saturated heterocycles. The highest BCUT2D eigenvalue weighted by molar-refractivity contribution is 5.80. The van der Waals surface area contributed by atoms with Crippen LogP contribution in [0.25, 0.3) is 0 Å². The molecule has 2 aliphatic rings. The Morgan fingerprint density at radius 3 is 3.10 bits per heavy atom. The lowest BCUT2D eigenvalue weighted by molar-refractivity contribution is -0.136. The standard InChI is InChI=1S/C16H21NO4/c1-19-14-4-3-12-9-13(11-21-15(12)10-14)16(18)17-5-2-7-20-8-6-17/h3-4,10,13H,2,5-9,11H2,1H3/t13-/m0/s1. The van der Waals surface area contributed by atoms with Crippen LogP contribution in [0.4, 0.5) is 0 Å². The van der Waals surface area contributed by atoms with Crippen LogP contribution in [0.1, 0.15) is 12.0 Å². The van der Waals surface area contributed by atoms with Gasteiger partial charge in [0.25, 0.3) is 0 Å². The Hall–Kier alpha value is -1.75. The number of nitrogens with zero attached hydrogens (tertiary/aromatic N) is 1. The third-order valence-electron chi connectivity index (χ3n) is 4.06. The number of fused-ring (bicyclic) bond motifs is 1. The van der Waals surface area contributed by atoms with Gasteiger partial charge in [-0.05, 0) is 24.5 Å². The summed E-state index contributed by atoms with van der Waals surface area (Å²) in [6.07, 6.45) is 1.64. The minimum atomic E-state index is -0.0935. The van der Waals surface area contributed by atoms with Crippen molar-refractivity contribution in [2.24, 2.45) is 5.92 Å². The van der Waals surface area contributed by atoms with Gasteiger partial charge in [-0.1, -0.05) is 6.07 Å². The number of rotatable bonds is 2. The Balaban J connectivity index is 1.69. The molecule has 0 aliphatic carbocycles. The molecule has 2 heterocycles. The summed E-state index contributed by atoms with van der Waals surface area (Å²) >= 11 is 0. The van der Waals surface area contributed by atoms with Crippen LogP contribution in [0, 0.1) is 5.92 Å². The third kappa shape index (κ3) is 3.13. The molecule has 5 nitrogen and oxygen atoms in total. The molecular weight excluding hydrogens is 270 g/mol. The Labute approximate surface area is 124 Å². The van der Waals surface area contributed by atoms with Crippen molar-refractivity contribution in [2.75, 3.05) is 40.0 Å². The Kier molecular flexibility index (Phi) is 4.29. The zero-order valence-corrected chi connectivity index (χ0v) is 12.3. The van der Waals surface area contributed by atoms with Crippen LogP contribution < -0.4 is 9.47 Å². The molecule has 1 fully saturated rings. The molecule has 5 heteroatoms. The maximum absolute atomic E-state index is 12.6. The summed E-state index contributed by atoms with van der Waals surface area (Å²) in [6, 6.07) is 5.78. The molecule has 2 aliphatic heterocycles. The van der Waals surface area contributed by atoms with E-state index in [1.54, 1.807) is 7.11 Å². The van der Waals surface area contributed by atoms with Crippen molar-refractivity contribution in [3.63, 3.8) is 0 Å². The number of benzene rings is 1. The second-order valence-corrected chi connectivity index (χ2v) is 5.48. The first-order chi connectivity index (χ1) is 10.3. The fourth-order valence-corrected chi connectivity index (χ4v) is 2.86. The lowest BCUT2D eigenvalue weighted by Crippen LogP contribution is -2.42. The summed E-state index contributed by atoms with van der Waals surface area (Å²) in [5.41, 5.74) is 1.08. The van der Waals surface area contributed by atoms with E-state index in [4.69, 9.17) is 14.2 Å². The van der Waals surface area contributed by atoms with E-state index in [0.717, 1.165) is 43.1 Å². The first kappa shape index (κ1) is 14.2. The Morgan fingerprint density at radius 1 is 1.33 bits per heavy atom. The quantitative estimate of drug-likeness (QED) is 0.828. The molecule has 1 aromatic carbocycles. The van der Waals surface area contributed by atoms with Crippen LogP contribution in [-0.4, -0.2) is 50.8 Å². The lowest BCUT2D eigenvalue weighted by atomic mass is 9.95. The molecule has 114 valence electrons. The Morgan fingerprint density at radius 2 is 2.24 bits per heavy atom. The van der Waals surface area contributed by atoms with E-state index in [1.165, 1.54) is 0 Å². The van der Waals surface area contributed by atoms with Crippen LogP contribution in [0.15, 0.2) is 18.2 Å². The Bertz CT molecular complexity index is 509. The van der Waals surface area contributed by atoms with E-state index >= 15 is 0 Å².